The SMILES string of the molecule is Cl.O=C(NCCC1CCNC1)c1cn(-c2cccc(C(F)(F)F)c2)nn1. The molecule has 2 N–H and O–H groups in total. The number of benzene rings is 1. The average molecular weight is 390 g/mol. The van der Waals surface area contributed by atoms with Crippen LogP contribution < -0.4 is 10.6 Å². The first kappa shape index (κ1) is 20.2. The number of hydrogen-bond acceptors (Lipinski definition) is 4. The molecule has 2 aromatic rings. The number of nitrogens with zero attached hydrogens (tertiary/aromatic N) is 3. The first-order valence-electron chi connectivity index (χ1n) is 8.02. The largest absolute Gasteiger partial charge is 0.416 e. The van der Waals surface area contributed by atoms with Crippen molar-refractivity contribution < 1.29 is 18.0 Å². The van der Waals surface area contributed by atoms with Crippen molar-refractivity contribution in [3.63, 3.8) is 0 Å². The van der Waals surface area contributed by atoms with Gasteiger partial charge in [0.2, 0.25) is 0 Å². The van der Waals surface area contributed by atoms with Gasteiger partial charge in [0, 0.05) is 6.54 Å². The highest BCUT2D eigenvalue weighted by molar-refractivity contribution is 5.91. The smallest absolute Gasteiger partial charge is 0.351 e. The molecule has 0 spiro atoms. The van der Waals surface area contributed by atoms with Gasteiger partial charge in [0.15, 0.2) is 5.69 Å². The topological polar surface area (TPSA) is 71.8 Å². The van der Waals surface area contributed by atoms with Gasteiger partial charge < -0.3 is 10.6 Å². The van der Waals surface area contributed by atoms with Crippen LogP contribution in [-0.2, 0) is 6.18 Å². The Kier molecular flexibility index (Phi) is 6.60. The van der Waals surface area contributed by atoms with Crippen molar-refractivity contribution in [1.82, 2.24) is 25.6 Å². The summed E-state index contributed by atoms with van der Waals surface area (Å²) < 4.78 is 39.5. The minimum atomic E-state index is -4.44. The molecule has 10 heteroatoms. The van der Waals surface area contributed by atoms with E-state index >= 15 is 0 Å². The predicted molar refractivity (Wildman–Crippen MR) is 91.5 cm³/mol. The molecule has 0 radical (unpaired) electrons. The van der Waals surface area contributed by atoms with Crippen LogP contribution in [0.1, 0.15) is 28.9 Å². The van der Waals surface area contributed by atoms with E-state index in [4.69, 9.17) is 0 Å². The van der Waals surface area contributed by atoms with Crippen LogP contribution in [0.3, 0.4) is 0 Å². The third kappa shape index (κ3) is 4.95. The molecule has 26 heavy (non-hydrogen) atoms. The van der Waals surface area contributed by atoms with Crippen LogP contribution in [0.25, 0.3) is 5.69 Å². The molecule has 0 saturated carbocycles. The van der Waals surface area contributed by atoms with Crippen LogP contribution in [0.2, 0.25) is 0 Å². The molecule has 2 heterocycles. The van der Waals surface area contributed by atoms with Crippen molar-refractivity contribution in [2.45, 2.75) is 19.0 Å². The summed E-state index contributed by atoms with van der Waals surface area (Å²) >= 11 is 0. The lowest BCUT2D eigenvalue weighted by Crippen LogP contribution is -2.26. The lowest BCUT2D eigenvalue weighted by Gasteiger charge is -2.08. The van der Waals surface area contributed by atoms with Crippen molar-refractivity contribution in [2.75, 3.05) is 19.6 Å². The summed E-state index contributed by atoms with van der Waals surface area (Å²) in [5.74, 6) is 0.172. The molecule has 142 valence electrons. The highest BCUT2D eigenvalue weighted by atomic mass is 35.5. The molecule has 1 atom stereocenters. The van der Waals surface area contributed by atoms with Crippen LogP contribution >= 0.6 is 12.4 Å². The Hall–Kier alpha value is -2.13. The number of halogens is 4. The van der Waals surface area contributed by atoms with Gasteiger partial charge in [-0.15, -0.1) is 17.5 Å². The molecule has 1 saturated heterocycles. The van der Waals surface area contributed by atoms with Crippen LogP contribution in [0.5, 0.6) is 0 Å². The van der Waals surface area contributed by atoms with Crippen LogP contribution in [0, 0.1) is 5.92 Å². The van der Waals surface area contributed by atoms with Crippen molar-refractivity contribution >= 4 is 18.3 Å². The minimum absolute atomic E-state index is 0. The zero-order chi connectivity index (χ0) is 17.9. The Balaban J connectivity index is 0.00000243. The monoisotopic (exact) mass is 389 g/mol. The van der Waals surface area contributed by atoms with E-state index < -0.39 is 11.7 Å². The molecule has 1 unspecified atom stereocenters. The fraction of sp³-hybridized carbons (Fsp3) is 0.438. The summed E-state index contributed by atoms with van der Waals surface area (Å²) in [5, 5.41) is 13.5. The highest BCUT2D eigenvalue weighted by Gasteiger charge is 2.30. The molecule has 1 aromatic carbocycles. The van der Waals surface area contributed by atoms with E-state index in [0.29, 0.717) is 12.5 Å². The second-order valence-corrected chi connectivity index (χ2v) is 6.00. The van der Waals surface area contributed by atoms with E-state index in [0.717, 1.165) is 42.7 Å². The fourth-order valence-corrected chi connectivity index (χ4v) is 2.76. The molecular formula is C16H19ClF3N5O. The maximum Gasteiger partial charge on any atom is 0.416 e. The normalized spacial score (nSPS) is 17.0. The van der Waals surface area contributed by atoms with Crippen LogP contribution in [0.15, 0.2) is 30.5 Å². The molecule has 1 aliphatic heterocycles. The maximum atomic E-state index is 12.8. The maximum absolute atomic E-state index is 12.8. The standard InChI is InChI=1S/C16H18F3N5O.ClH/c17-16(18,19)12-2-1-3-13(8-12)24-10-14(22-23-24)15(25)21-7-5-11-4-6-20-9-11;/h1-3,8,10-11,20H,4-7,9H2,(H,21,25);1H. The number of hydrogen-bond donors (Lipinski definition) is 2. The number of carbonyl (C=O) groups is 1. The van der Waals surface area contributed by atoms with Crippen molar-refractivity contribution in [1.29, 1.82) is 0 Å². The van der Waals surface area contributed by atoms with Gasteiger partial charge in [0.25, 0.3) is 5.91 Å². The summed E-state index contributed by atoms with van der Waals surface area (Å²) in [7, 11) is 0. The molecule has 1 fully saturated rings. The van der Waals surface area contributed by atoms with Gasteiger partial charge in [0.1, 0.15) is 0 Å². The Bertz CT molecular complexity index is 743. The lowest BCUT2D eigenvalue weighted by atomic mass is 10.1. The van der Waals surface area contributed by atoms with Gasteiger partial charge in [-0.2, -0.15) is 13.2 Å². The number of alkyl halides is 3. The van der Waals surface area contributed by atoms with E-state index in [2.05, 4.69) is 20.9 Å². The molecule has 0 bridgehead atoms. The molecule has 3 rings (SSSR count). The van der Waals surface area contributed by atoms with Crippen molar-refractivity contribution in [2.24, 2.45) is 5.92 Å². The van der Waals surface area contributed by atoms with Crippen molar-refractivity contribution in [3.05, 3.63) is 41.7 Å². The Labute approximate surface area is 154 Å². The van der Waals surface area contributed by atoms with E-state index in [-0.39, 0.29) is 29.7 Å². The van der Waals surface area contributed by atoms with Gasteiger partial charge in [-0.3, -0.25) is 4.79 Å². The fourth-order valence-electron chi connectivity index (χ4n) is 2.76. The molecule has 0 aliphatic carbocycles. The average Bonchev–Trinajstić information content (AvgIpc) is 3.26. The Morgan fingerprint density at radius 1 is 1.38 bits per heavy atom. The third-order valence-electron chi connectivity index (χ3n) is 4.16. The minimum Gasteiger partial charge on any atom is -0.351 e. The van der Waals surface area contributed by atoms with E-state index in [1.165, 1.54) is 18.3 Å². The summed E-state index contributed by atoms with van der Waals surface area (Å²) in [6.07, 6.45) is -1.14. The van der Waals surface area contributed by atoms with Crippen molar-refractivity contribution in [3.8, 4) is 5.69 Å². The quantitative estimate of drug-likeness (QED) is 0.824. The van der Waals surface area contributed by atoms with Crippen LogP contribution in [-0.4, -0.2) is 40.5 Å². The summed E-state index contributed by atoms with van der Waals surface area (Å²) in [4.78, 5) is 12.1. The van der Waals surface area contributed by atoms with Gasteiger partial charge >= 0.3 is 6.18 Å². The van der Waals surface area contributed by atoms with Gasteiger partial charge in [0.05, 0.1) is 17.4 Å². The van der Waals surface area contributed by atoms with Gasteiger partial charge in [-0.25, -0.2) is 4.68 Å². The number of nitrogens with one attached hydrogen (secondary N) is 2. The number of rotatable bonds is 5. The highest BCUT2D eigenvalue weighted by Crippen LogP contribution is 2.30. The summed E-state index contributed by atoms with van der Waals surface area (Å²) in [5.41, 5.74) is -0.517. The molecule has 1 aliphatic rings. The van der Waals surface area contributed by atoms with Gasteiger partial charge in [-0.1, -0.05) is 11.3 Å². The second kappa shape index (κ2) is 8.50. The zero-order valence-corrected chi connectivity index (χ0v) is 14.6. The lowest BCUT2D eigenvalue weighted by molar-refractivity contribution is -0.137. The number of carbonyl (C=O) groups excluding carboxylic acids is 1. The van der Waals surface area contributed by atoms with E-state index in [1.54, 1.807) is 0 Å². The van der Waals surface area contributed by atoms with E-state index in [9.17, 15) is 18.0 Å². The predicted octanol–water partition coefficient (Wildman–Crippen LogP) is 2.44. The third-order valence-corrected chi connectivity index (χ3v) is 4.16. The second-order valence-electron chi connectivity index (χ2n) is 6.00. The van der Waals surface area contributed by atoms with E-state index in [1.807, 2.05) is 0 Å². The first-order chi connectivity index (χ1) is 11.9. The zero-order valence-electron chi connectivity index (χ0n) is 13.8. The Morgan fingerprint density at radius 3 is 2.88 bits per heavy atom. The summed E-state index contributed by atoms with van der Waals surface area (Å²) in [6, 6.07) is 4.70. The first-order valence-corrected chi connectivity index (χ1v) is 8.02. The molecule has 6 nitrogen and oxygen atoms in total. The molecule has 1 aromatic heterocycles. The molecule has 1 amide bonds. The Morgan fingerprint density at radius 2 is 2.19 bits per heavy atom. The van der Waals surface area contributed by atoms with Crippen LogP contribution in [0.4, 0.5) is 13.2 Å². The van der Waals surface area contributed by atoms with Gasteiger partial charge in [-0.05, 0) is 50.0 Å². The molecular weight excluding hydrogens is 371 g/mol. The summed E-state index contributed by atoms with van der Waals surface area (Å²) in [6.45, 7) is 2.49. The number of amides is 1. The number of aromatic nitrogens is 3.